The molecule has 0 spiro atoms. The third-order valence-electron chi connectivity index (χ3n) is 4.48. The van der Waals surface area contributed by atoms with Gasteiger partial charge in [0, 0.05) is 44.0 Å². The maximum absolute atomic E-state index is 12.8. The van der Waals surface area contributed by atoms with Crippen LogP contribution in [0, 0.1) is 6.92 Å². The van der Waals surface area contributed by atoms with Crippen molar-refractivity contribution in [3.05, 3.63) is 41.6 Å². The minimum absolute atomic E-state index is 0.0461. The van der Waals surface area contributed by atoms with Gasteiger partial charge in [0.15, 0.2) is 0 Å². The minimum atomic E-state index is 0.0461. The van der Waals surface area contributed by atoms with Gasteiger partial charge < -0.3 is 19.3 Å². The number of nitrogens with zero attached hydrogens (tertiary/aromatic N) is 4. The second-order valence-electron chi connectivity index (χ2n) is 6.32. The highest BCUT2D eigenvalue weighted by molar-refractivity contribution is 5.94. The molecule has 3 rings (SSSR count). The van der Waals surface area contributed by atoms with Crippen molar-refractivity contribution >= 4 is 11.9 Å². The summed E-state index contributed by atoms with van der Waals surface area (Å²) in [4.78, 5) is 25.5. The van der Waals surface area contributed by atoms with E-state index in [2.05, 4.69) is 14.9 Å². The Kier molecular flexibility index (Phi) is 6.11. The van der Waals surface area contributed by atoms with Crippen LogP contribution in [-0.2, 0) is 0 Å². The Morgan fingerprint density at radius 1 is 1.07 bits per heavy atom. The summed E-state index contributed by atoms with van der Waals surface area (Å²) in [5, 5.41) is 0. The van der Waals surface area contributed by atoms with Gasteiger partial charge in [-0.05, 0) is 44.5 Å². The number of ether oxygens (including phenoxy) is 2. The van der Waals surface area contributed by atoms with Crippen molar-refractivity contribution < 1.29 is 14.3 Å². The standard InChI is InChI=1S/C20H26N4O3/c1-4-26-17-7-6-16(14-15(17)3)19(25)23-10-12-24(13-11-23)20-21-9-8-18(22-20)27-5-2/h6-9,14H,4-5,10-13H2,1-3H3. The number of carbonyl (C=O) groups is 1. The fraction of sp³-hybridized carbons (Fsp3) is 0.450. The van der Waals surface area contributed by atoms with E-state index >= 15 is 0 Å². The summed E-state index contributed by atoms with van der Waals surface area (Å²) in [6.07, 6.45) is 1.70. The zero-order chi connectivity index (χ0) is 19.2. The fourth-order valence-corrected chi connectivity index (χ4v) is 3.11. The lowest BCUT2D eigenvalue weighted by Gasteiger charge is -2.34. The molecule has 0 unspecified atom stereocenters. The van der Waals surface area contributed by atoms with Crippen molar-refractivity contribution in [1.82, 2.24) is 14.9 Å². The van der Waals surface area contributed by atoms with E-state index in [0.29, 0.717) is 56.8 Å². The van der Waals surface area contributed by atoms with E-state index in [-0.39, 0.29) is 5.91 Å². The normalized spacial score (nSPS) is 14.2. The maximum Gasteiger partial charge on any atom is 0.253 e. The number of hydrogen-bond donors (Lipinski definition) is 0. The van der Waals surface area contributed by atoms with Gasteiger partial charge in [0.05, 0.1) is 13.2 Å². The first-order chi connectivity index (χ1) is 13.1. The molecule has 0 atom stereocenters. The van der Waals surface area contributed by atoms with Crippen LogP contribution in [0.1, 0.15) is 29.8 Å². The Hall–Kier alpha value is -2.83. The molecule has 0 radical (unpaired) electrons. The average Bonchev–Trinajstić information content (AvgIpc) is 2.70. The second-order valence-corrected chi connectivity index (χ2v) is 6.32. The molecular weight excluding hydrogens is 344 g/mol. The van der Waals surface area contributed by atoms with Crippen molar-refractivity contribution in [2.24, 2.45) is 0 Å². The van der Waals surface area contributed by atoms with Crippen molar-refractivity contribution in [3.8, 4) is 11.6 Å². The summed E-state index contributed by atoms with van der Waals surface area (Å²) in [6.45, 7) is 9.67. The van der Waals surface area contributed by atoms with Crippen LogP contribution in [0.15, 0.2) is 30.5 Å². The number of hydrogen-bond acceptors (Lipinski definition) is 6. The largest absolute Gasteiger partial charge is 0.494 e. The van der Waals surface area contributed by atoms with E-state index in [1.807, 2.05) is 43.9 Å². The highest BCUT2D eigenvalue weighted by Crippen LogP contribution is 2.21. The number of anilines is 1. The van der Waals surface area contributed by atoms with Gasteiger partial charge in [-0.2, -0.15) is 4.98 Å². The van der Waals surface area contributed by atoms with Crippen LogP contribution < -0.4 is 14.4 Å². The lowest BCUT2D eigenvalue weighted by Crippen LogP contribution is -2.49. The third kappa shape index (κ3) is 4.48. The van der Waals surface area contributed by atoms with Gasteiger partial charge in [-0.1, -0.05) is 0 Å². The molecule has 27 heavy (non-hydrogen) atoms. The lowest BCUT2D eigenvalue weighted by molar-refractivity contribution is 0.0746. The van der Waals surface area contributed by atoms with Gasteiger partial charge in [-0.15, -0.1) is 0 Å². The van der Waals surface area contributed by atoms with Crippen LogP contribution in [0.25, 0.3) is 0 Å². The predicted molar refractivity (Wildman–Crippen MR) is 104 cm³/mol. The molecule has 1 aromatic heterocycles. The van der Waals surface area contributed by atoms with E-state index in [4.69, 9.17) is 9.47 Å². The Balaban J connectivity index is 1.62. The van der Waals surface area contributed by atoms with Gasteiger partial charge >= 0.3 is 0 Å². The number of aromatic nitrogens is 2. The first-order valence-corrected chi connectivity index (χ1v) is 9.36. The SMILES string of the molecule is CCOc1ccnc(N2CCN(C(=O)c3ccc(OCC)c(C)c3)CC2)n1. The molecular formula is C20H26N4O3. The number of carbonyl (C=O) groups excluding carboxylic acids is 1. The summed E-state index contributed by atoms with van der Waals surface area (Å²) in [5.74, 6) is 2.09. The summed E-state index contributed by atoms with van der Waals surface area (Å²) in [5.41, 5.74) is 1.67. The van der Waals surface area contributed by atoms with Gasteiger partial charge in [0.2, 0.25) is 11.8 Å². The van der Waals surface area contributed by atoms with Crippen molar-refractivity contribution in [3.63, 3.8) is 0 Å². The first kappa shape index (κ1) is 18.9. The number of aryl methyl sites for hydroxylation is 1. The molecule has 1 aliphatic rings. The van der Waals surface area contributed by atoms with Crippen LogP contribution in [0.3, 0.4) is 0 Å². The zero-order valence-electron chi connectivity index (χ0n) is 16.1. The summed E-state index contributed by atoms with van der Waals surface area (Å²) in [6, 6.07) is 7.35. The number of benzene rings is 1. The maximum atomic E-state index is 12.8. The Bertz CT molecular complexity index is 789. The quantitative estimate of drug-likeness (QED) is 0.778. The Morgan fingerprint density at radius 2 is 1.81 bits per heavy atom. The second kappa shape index (κ2) is 8.70. The van der Waals surface area contributed by atoms with Crippen molar-refractivity contribution in [2.45, 2.75) is 20.8 Å². The predicted octanol–water partition coefficient (Wildman–Crippen LogP) is 2.54. The van der Waals surface area contributed by atoms with Crippen molar-refractivity contribution in [1.29, 1.82) is 0 Å². The van der Waals surface area contributed by atoms with E-state index in [9.17, 15) is 4.79 Å². The number of piperazine rings is 1. The molecule has 1 saturated heterocycles. The molecule has 0 aliphatic carbocycles. The molecule has 144 valence electrons. The number of rotatable bonds is 6. The minimum Gasteiger partial charge on any atom is -0.494 e. The van der Waals surface area contributed by atoms with E-state index in [0.717, 1.165) is 11.3 Å². The van der Waals surface area contributed by atoms with E-state index < -0.39 is 0 Å². The van der Waals surface area contributed by atoms with Gasteiger partial charge in [0.1, 0.15) is 5.75 Å². The molecule has 0 saturated carbocycles. The van der Waals surface area contributed by atoms with E-state index in [1.54, 1.807) is 12.3 Å². The molecule has 7 nitrogen and oxygen atoms in total. The van der Waals surface area contributed by atoms with Crippen molar-refractivity contribution in [2.75, 3.05) is 44.3 Å². The Morgan fingerprint density at radius 3 is 2.48 bits per heavy atom. The molecule has 2 heterocycles. The average molecular weight is 370 g/mol. The van der Waals surface area contributed by atoms with Gasteiger partial charge in [-0.3, -0.25) is 4.79 Å². The lowest BCUT2D eigenvalue weighted by atomic mass is 10.1. The molecule has 7 heteroatoms. The fourth-order valence-electron chi connectivity index (χ4n) is 3.11. The summed E-state index contributed by atoms with van der Waals surface area (Å²) < 4.78 is 11.0. The molecule has 1 fully saturated rings. The summed E-state index contributed by atoms with van der Waals surface area (Å²) in [7, 11) is 0. The molecule has 1 amide bonds. The highest BCUT2D eigenvalue weighted by atomic mass is 16.5. The van der Waals surface area contributed by atoms with Crippen LogP contribution in [0.4, 0.5) is 5.95 Å². The number of amides is 1. The zero-order valence-corrected chi connectivity index (χ0v) is 16.1. The van der Waals surface area contributed by atoms with Crippen LogP contribution in [0.2, 0.25) is 0 Å². The monoisotopic (exact) mass is 370 g/mol. The first-order valence-electron chi connectivity index (χ1n) is 9.36. The molecule has 1 aliphatic heterocycles. The summed E-state index contributed by atoms with van der Waals surface area (Å²) >= 11 is 0. The van der Waals surface area contributed by atoms with Gasteiger partial charge in [0.25, 0.3) is 5.91 Å². The molecule has 0 N–H and O–H groups in total. The Labute approximate surface area is 159 Å². The van der Waals surface area contributed by atoms with Crippen LogP contribution >= 0.6 is 0 Å². The van der Waals surface area contributed by atoms with Gasteiger partial charge in [-0.25, -0.2) is 4.98 Å². The third-order valence-corrected chi connectivity index (χ3v) is 4.48. The van der Waals surface area contributed by atoms with Crippen LogP contribution in [0.5, 0.6) is 11.6 Å². The topological polar surface area (TPSA) is 67.8 Å². The molecule has 2 aromatic rings. The molecule has 0 bridgehead atoms. The molecule has 1 aromatic carbocycles. The highest BCUT2D eigenvalue weighted by Gasteiger charge is 2.24. The van der Waals surface area contributed by atoms with Crippen LogP contribution in [-0.4, -0.2) is 60.2 Å². The van der Waals surface area contributed by atoms with E-state index in [1.165, 1.54) is 0 Å². The smallest absolute Gasteiger partial charge is 0.253 e.